The molecule has 1 saturated heterocycles. The molecule has 1 atom stereocenters. The largest absolute Gasteiger partial charge is 0.397 e. The Kier molecular flexibility index (Phi) is 7.01. The van der Waals surface area contributed by atoms with Crippen molar-refractivity contribution in [2.45, 2.75) is 44.7 Å². The summed E-state index contributed by atoms with van der Waals surface area (Å²) < 4.78 is 39.2. The van der Waals surface area contributed by atoms with E-state index in [4.69, 9.17) is 11.6 Å². The molecule has 1 fully saturated rings. The van der Waals surface area contributed by atoms with Gasteiger partial charge in [-0.15, -0.1) is 0 Å². The van der Waals surface area contributed by atoms with Crippen LogP contribution in [0, 0.1) is 5.92 Å². The minimum absolute atomic E-state index is 0.118. The van der Waals surface area contributed by atoms with E-state index in [1.165, 1.54) is 11.9 Å². The minimum atomic E-state index is -4.44. The minimum Gasteiger partial charge on any atom is -0.341 e. The van der Waals surface area contributed by atoms with Crippen LogP contribution in [-0.2, 0) is 15.0 Å². The number of hydrazine groups is 1. The van der Waals surface area contributed by atoms with Crippen molar-refractivity contribution < 1.29 is 22.8 Å². The highest BCUT2D eigenvalue weighted by Crippen LogP contribution is 2.39. The van der Waals surface area contributed by atoms with Gasteiger partial charge in [0.1, 0.15) is 18.2 Å². The molecule has 1 N–H and O–H groups in total. The van der Waals surface area contributed by atoms with E-state index >= 15 is 0 Å². The molecule has 1 amide bonds. The molecule has 2 aliphatic heterocycles. The fraction of sp³-hybridized carbons (Fsp3) is 0.545. The molecule has 170 valence electrons. The first-order chi connectivity index (χ1) is 14.6. The Labute approximate surface area is 185 Å². The molecular formula is C22H27ClF3N3O2. The van der Waals surface area contributed by atoms with Crippen LogP contribution in [0.1, 0.15) is 38.7 Å². The lowest BCUT2D eigenvalue weighted by Gasteiger charge is -2.42. The van der Waals surface area contributed by atoms with Crippen LogP contribution >= 0.6 is 11.6 Å². The van der Waals surface area contributed by atoms with E-state index in [0.29, 0.717) is 32.4 Å². The first-order valence-electron chi connectivity index (χ1n) is 10.4. The molecule has 0 saturated carbocycles. The van der Waals surface area contributed by atoms with Crippen LogP contribution in [-0.4, -0.2) is 54.0 Å². The summed E-state index contributed by atoms with van der Waals surface area (Å²) in [7, 11) is 0. The number of nitrogens with one attached hydrogen (secondary N) is 1. The van der Waals surface area contributed by atoms with Gasteiger partial charge in [0.25, 0.3) is 0 Å². The number of likely N-dealkylation sites (tertiary alicyclic amines) is 1. The fourth-order valence-electron chi connectivity index (χ4n) is 4.42. The molecule has 0 radical (unpaired) electrons. The first-order valence-corrected chi connectivity index (χ1v) is 10.8. The number of allylic oxidation sites excluding steroid dienone is 1. The number of alkyl halides is 3. The maximum atomic E-state index is 13.1. The van der Waals surface area contributed by atoms with E-state index in [2.05, 4.69) is 5.43 Å². The lowest BCUT2D eigenvalue weighted by Crippen LogP contribution is -2.54. The van der Waals surface area contributed by atoms with Crippen molar-refractivity contribution in [3.63, 3.8) is 0 Å². The van der Waals surface area contributed by atoms with Crippen LogP contribution in [0.25, 0.3) is 0 Å². The third-order valence-electron chi connectivity index (χ3n) is 6.38. The van der Waals surface area contributed by atoms with Gasteiger partial charge in [-0.1, -0.05) is 48.9 Å². The summed E-state index contributed by atoms with van der Waals surface area (Å²) in [6.45, 7) is 3.61. The maximum absolute atomic E-state index is 13.1. The van der Waals surface area contributed by atoms with Crippen molar-refractivity contribution in [3.8, 4) is 0 Å². The summed E-state index contributed by atoms with van der Waals surface area (Å²) in [4.78, 5) is 27.4. The molecular weight excluding hydrogens is 431 g/mol. The Bertz CT molecular complexity index is 849. The maximum Gasteiger partial charge on any atom is 0.397 e. The normalized spacial score (nSPS) is 21.9. The predicted molar refractivity (Wildman–Crippen MR) is 112 cm³/mol. The molecule has 0 spiro atoms. The van der Waals surface area contributed by atoms with E-state index in [1.54, 1.807) is 4.90 Å². The summed E-state index contributed by atoms with van der Waals surface area (Å²) in [6.07, 6.45) is -2.98. The number of carbonyl (C=O) groups is 2. The zero-order valence-electron chi connectivity index (χ0n) is 17.6. The topological polar surface area (TPSA) is 52.7 Å². The highest BCUT2D eigenvalue weighted by atomic mass is 35.5. The van der Waals surface area contributed by atoms with Crippen molar-refractivity contribution in [2.75, 3.05) is 26.2 Å². The van der Waals surface area contributed by atoms with Crippen molar-refractivity contribution in [1.82, 2.24) is 15.3 Å². The van der Waals surface area contributed by atoms with Crippen molar-refractivity contribution >= 4 is 23.3 Å². The molecule has 0 aromatic heterocycles. The molecule has 0 aliphatic carbocycles. The van der Waals surface area contributed by atoms with Gasteiger partial charge in [0.2, 0.25) is 5.91 Å². The monoisotopic (exact) mass is 457 g/mol. The Balaban J connectivity index is 1.68. The quantitative estimate of drug-likeness (QED) is 0.726. The lowest BCUT2D eigenvalue weighted by molar-refractivity contribution is -0.166. The number of nitrogens with zero attached hydrogens (tertiary/aromatic N) is 2. The van der Waals surface area contributed by atoms with Gasteiger partial charge in [-0.05, 0) is 25.3 Å². The lowest BCUT2D eigenvalue weighted by atomic mass is 9.69. The Hall–Kier alpha value is -2.06. The van der Waals surface area contributed by atoms with Crippen LogP contribution in [0.2, 0.25) is 0 Å². The average Bonchev–Trinajstić information content (AvgIpc) is 2.76. The van der Waals surface area contributed by atoms with Gasteiger partial charge < -0.3 is 9.91 Å². The van der Waals surface area contributed by atoms with E-state index in [-0.39, 0.29) is 29.0 Å². The number of piperidine rings is 1. The SMILES string of the molecule is CCC(=O)C1(c2ccccc2)CCN(C(=O)CN2NCC(C(F)(F)F)C(Cl)=C2C)CC1. The molecule has 1 aromatic rings. The first kappa shape index (κ1) is 23.6. The molecule has 3 rings (SSSR count). The van der Waals surface area contributed by atoms with Gasteiger partial charge in [-0.3, -0.25) is 9.59 Å². The summed E-state index contributed by atoms with van der Waals surface area (Å²) in [5.41, 5.74) is 3.23. The van der Waals surface area contributed by atoms with E-state index in [1.807, 2.05) is 37.3 Å². The summed E-state index contributed by atoms with van der Waals surface area (Å²) in [5.74, 6) is -1.83. The third kappa shape index (κ3) is 4.75. The molecule has 2 aliphatic rings. The predicted octanol–water partition coefficient (Wildman–Crippen LogP) is 3.99. The number of hydrogen-bond acceptors (Lipinski definition) is 4. The van der Waals surface area contributed by atoms with E-state index in [0.717, 1.165) is 5.56 Å². The number of rotatable bonds is 5. The third-order valence-corrected chi connectivity index (χ3v) is 6.92. The van der Waals surface area contributed by atoms with E-state index < -0.39 is 24.1 Å². The highest BCUT2D eigenvalue weighted by molar-refractivity contribution is 6.30. The second-order valence-corrected chi connectivity index (χ2v) is 8.49. The van der Waals surface area contributed by atoms with Crippen LogP contribution in [0.4, 0.5) is 13.2 Å². The van der Waals surface area contributed by atoms with Gasteiger partial charge in [0.05, 0.1) is 10.4 Å². The number of hydrogen-bond donors (Lipinski definition) is 1. The standard InChI is InChI=1S/C22H27ClF3N3O2/c1-3-18(30)21(16-7-5-4-6-8-16)9-11-28(12-10-21)19(31)14-29-15(2)20(23)17(13-27-29)22(24,25)26/h4-8,17,27H,3,9-14H2,1-2H3. The molecule has 31 heavy (non-hydrogen) atoms. The molecule has 5 nitrogen and oxygen atoms in total. The van der Waals surface area contributed by atoms with Gasteiger partial charge in [0, 0.05) is 31.8 Å². The summed E-state index contributed by atoms with van der Waals surface area (Å²) >= 11 is 5.95. The molecule has 9 heteroatoms. The van der Waals surface area contributed by atoms with Crippen LogP contribution in [0.5, 0.6) is 0 Å². The Morgan fingerprint density at radius 2 is 1.81 bits per heavy atom. The number of Topliss-reactive ketones (excluding diaryl/α,β-unsaturated/α-hetero) is 1. The zero-order valence-corrected chi connectivity index (χ0v) is 18.4. The van der Waals surface area contributed by atoms with Gasteiger partial charge in [-0.2, -0.15) is 13.2 Å². The van der Waals surface area contributed by atoms with Crippen molar-refractivity contribution in [1.29, 1.82) is 0 Å². The number of ketones is 1. The van der Waals surface area contributed by atoms with Crippen LogP contribution in [0.3, 0.4) is 0 Å². The average molecular weight is 458 g/mol. The zero-order chi connectivity index (χ0) is 22.8. The van der Waals surface area contributed by atoms with Crippen LogP contribution < -0.4 is 5.43 Å². The molecule has 1 unspecified atom stereocenters. The summed E-state index contributed by atoms with van der Waals surface area (Å²) in [5, 5.41) is 1.08. The molecule has 2 heterocycles. The van der Waals surface area contributed by atoms with Gasteiger partial charge >= 0.3 is 6.18 Å². The van der Waals surface area contributed by atoms with E-state index in [9.17, 15) is 22.8 Å². The summed E-state index contributed by atoms with van der Waals surface area (Å²) in [6, 6.07) is 9.63. The number of benzene rings is 1. The van der Waals surface area contributed by atoms with Crippen LogP contribution in [0.15, 0.2) is 41.1 Å². The van der Waals surface area contributed by atoms with Crippen molar-refractivity contribution in [3.05, 3.63) is 46.6 Å². The number of carbonyl (C=O) groups excluding carboxylic acids is 2. The molecule has 1 aromatic carbocycles. The smallest absolute Gasteiger partial charge is 0.341 e. The second kappa shape index (κ2) is 9.20. The number of amides is 1. The Morgan fingerprint density at radius 3 is 2.35 bits per heavy atom. The van der Waals surface area contributed by atoms with Crippen molar-refractivity contribution in [2.24, 2.45) is 5.92 Å². The second-order valence-electron chi connectivity index (χ2n) is 8.08. The fourth-order valence-corrected chi connectivity index (χ4v) is 4.72. The van der Waals surface area contributed by atoms with Gasteiger partial charge in [0.15, 0.2) is 0 Å². The number of halogens is 4. The Morgan fingerprint density at radius 1 is 1.19 bits per heavy atom. The molecule has 0 bridgehead atoms. The highest BCUT2D eigenvalue weighted by Gasteiger charge is 2.46. The van der Waals surface area contributed by atoms with Gasteiger partial charge in [-0.25, -0.2) is 5.43 Å².